The zero-order valence-electron chi connectivity index (χ0n) is 11.5. The molecule has 0 unspecified atom stereocenters. The molecule has 0 atom stereocenters. The number of aliphatic hydroxyl groups is 1. The summed E-state index contributed by atoms with van der Waals surface area (Å²) in [6.45, 7) is 7.63. The molecule has 0 aromatic carbocycles. The van der Waals surface area contributed by atoms with Gasteiger partial charge in [0.1, 0.15) is 0 Å². The van der Waals surface area contributed by atoms with Crippen LogP contribution in [-0.2, 0) is 19.6 Å². The van der Waals surface area contributed by atoms with Crippen LogP contribution in [0.1, 0.15) is 23.1 Å². The second-order valence-electron chi connectivity index (χ2n) is 4.61. The summed E-state index contributed by atoms with van der Waals surface area (Å²) in [5.74, 6) is 0. The van der Waals surface area contributed by atoms with Crippen molar-refractivity contribution in [2.24, 2.45) is 0 Å². The fraction of sp³-hybridized carbons (Fsp3) is 0.500. The quantitative estimate of drug-likeness (QED) is 0.845. The highest BCUT2D eigenvalue weighted by molar-refractivity contribution is 7.09. The normalized spacial score (nSPS) is 11.4. The Morgan fingerprint density at radius 2 is 2.26 bits per heavy atom. The molecule has 0 spiro atoms. The van der Waals surface area contributed by atoms with Crippen LogP contribution < -0.4 is 0 Å². The van der Waals surface area contributed by atoms with Crippen molar-refractivity contribution in [3.63, 3.8) is 0 Å². The average Bonchev–Trinajstić information content (AvgIpc) is 3.00. The van der Waals surface area contributed by atoms with Crippen LogP contribution in [0, 0.1) is 6.92 Å². The van der Waals surface area contributed by atoms with Crippen LogP contribution in [0.25, 0.3) is 0 Å². The molecule has 0 amide bonds. The molecule has 0 aliphatic rings. The predicted octanol–water partition coefficient (Wildman–Crippen LogP) is 2.27. The highest BCUT2D eigenvalue weighted by atomic mass is 32.1. The summed E-state index contributed by atoms with van der Waals surface area (Å²) < 4.78 is 1.97. The molecule has 2 aromatic rings. The van der Waals surface area contributed by atoms with Gasteiger partial charge in [0.25, 0.3) is 0 Å². The van der Waals surface area contributed by atoms with Gasteiger partial charge in [0.05, 0.1) is 12.3 Å². The number of thiophene rings is 1. The third kappa shape index (κ3) is 3.89. The van der Waals surface area contributed by atoms with Crippen LogP contribution in [-0.4, -0.2) is 32.9 Å². The van der Waals surface area contributed by atoms with Crippen LogP contribution in [0.2, 0.25) is 0 Å². The number of rotatable bonds is 7. The molecule has 104 valence electrons. The molecule has 1 N–H and O–H groups in total. The van der Waals surface area contributed by atoms with Gasteiger partial charge in [0.2, 0.25) is 0 Å². The minimum Gasteiger partial charge on any atom is -0.395 e. The van der Waals surface area contributed by atoms with Crippen molar-refractivity contribution in [2.75, 3.05) is 13.2 Å². The summed E-state index contributed by atoms with van der Waals surface area (Å²) in [7, 11) is 0. The van der Waals surface area contributed by atoms with E-state index in [9.17, 15) is 5.11 Å². The van der Waals surface area contributed by atoms with Gasteiger partial charge >= 0.3 is 0 Å². The number of aliphatic hydroxyl groups excluding tert-OH is 1. The van der Waals surface area contributed by atoms with E-state index in [0.29, 0.717) is 6.54 Å². The van der Waals surface area contributed by atoms with Crippen LogP contribution in [0.3, 0.4) is 0 Å². The fourth-order valence-corrected chi connectivity index (χ4v) is 2.84. The Balaban J connectivity index is 2.04. The summed E-state index contributed by atoms with van der Waals surface area (Å²) in [6, 6.07) is 4.20. The molecule has 2 heterocycles. The van der Waals surface area contributed by atoms with Crippen molar-refractivity contribution in [1.29, 1.82) is 0 Å². The number of aryl methyl sites for hydroxylation is 2. The molecular weight excluding hydrogens is 258 g/mol. The monoisotopic (exact) mass is 279 g/mol. The van der Waals surface area contributed by atoms with Gasteiger partial charge < -0.3 is 5.11 Å². The summed E-state index contributed by atoms with van der Waals surface area (Å²) >= 11 is 1.76. The predicted molar refractivity (Wildman–Crippen MR) is 78.2 cm³/mol. The van der Waals surface area contributed by atoms with E-state index in [1.165, 1.54) is 10.4 Å². The van der Waals surface area contributed by atoms with E-state index in [1.807, 2.05) is 11.6 Å². The third-order valence-corrected chi connectivity index (χ3v) is 4.00. The topological polar surface area (TPSA) is 41.3 Å². The van der Waals surface area contributed by atoms with Crippen LogP contribution in [0.5, 0.6) is 0 Å². The Morgan fingerprint density at radius 1 is 1.42 bits per heavy atom. The van der Waals surface area contributed by atoms with Crippen molar-refractivity contribution in [3.05, 3.63) is 39.8 Å². The first-order valence-corrected chi connectivity index (χ1v) is 7.49. The molecular formula is C14H21N3OS. The molecule has 0 saturated heterocycles. The molecule has 4 nitrogen and oxygen atoms in total. The Hall–Kier alpha value is -1.17. The summed E-state index contributed by atoms with van der Waals surface area (Å²) in [5, 5.41) is 15.8. The maximum Gasteiger partial charge on any atom is 0.0638 e. The Morgan fingerprint density at radius 3 is 2.84 bits per heavy atom. The van der Waals surface area contributed by atoms with Gasteiger partial charge in [0.15, 0.2) is 0 Å². The maximum atomic E-state index is 9.20. The van der Waals surface area contributed by atoms with Gasteiger partial charge in [-0.1, -0.05) is 6.07 Å². The van der Waals surface area contributed by atoms with Gasteiger partial charge in [-0.25, -0.2) is 0 Å². The van der Waals surface area contributed by atoms with Crippen molar-refractivity contribution in [1.82, 2.24) is 14.7 Å². The van der Waals surface area contributed by atoms with E-state index < -0.39 is 0 Å². The molecule has 0 aliphatic heterocycles. The van der Waals surface area contributed by atoms with E-state index in [0.717, 1.165) is 25.3 Å². The first-order chi connectivity index (χ1) is 9.22. The molecule has 0 fully saturated rings. The summed E-state index contributed by atoms with van der Waals surface area (Å²) in [5.41, 5.74) is 2.32. The molecule has 19 heavy (non-hydrogen) atoms. The SMILES string of the molecule is CCn1cc(CN(CCO)Cc2cccs2)c(C)n1. The fourth-order valence-electron chi connectivity index (χ4n) is 2.10. The molecule has 0 radical (unpaired) electrons. The van der Waals surface area contributed by atoms with Gasteiger partial charge in [-0.3, -0.25) is 9.58 Å². The Kier molecular flexibility index (Phi) is 5.13. The molecule has 5 heteroatoms. The molecule has 0 saturated carbocycles. The highest BCUT2D eigenvalue weighted by Crippen LogP contribution is 2.15. The third-order valence-electron chi connectivity index (χ3n) is 3.14. The zero-order chi connectivity index (χ0) is 13.7. The second kappa shape index (κ2) is 6.84. The minimum atomic E-state index is 0.187. The van der Waals surface area contributed by atoms with Crippen molar-refractivity contribution < 1.29 is 5.11 Å². The lowest BCUT2D eigenvalue weighted by molar-refractivity contribution is 0.185. The average molecular weight is 279 g/mol. The molecule has 2 rings (SSSR count). The standard InChI is InChI=1S/C14H21N3OS/c1-3-17-10-13(12(2)15-17)9-16(6-7-18)11-14-5-4-8-19-14/h4-5,8,10,18H,3,6-7,9,11H2,1-2H3. The number of nitrogens with zero attached hydrogens (tertiary/aromatic N) is 3. The van der Waals surface area contributed by atoms with E-state index in [1.54, 1.807) is 11.3 Å². The van der Waals surface area contributed by atoms with Crippen LogP contribution >= 0.6 is 11.3 Å². The lowest BCUT2D eigenvalue weighted by atomic mass is 10.2. The number of hydrogen-bond donors (Lipinski definition) is 1. The Bertz CT molecular complexity index is 493. The van der Waals surface area contributed by atoms with Crippen LogP contribution in [0.4, 0.5) is 0 Å². The van der Waals surface area contributed by atoms with Gasteiger partial charge in [-0.05, 0) is 25.3 Å². The number of aromatic nitrogens is 2. The summed E-state index contributed by atoms with van der Waals surface area (Å²) in [4.78, 5) is 3.59. The second-order valence-corrected chi connectivity index (χ2v) is 5.64. The van der Waals surface area contributed by atoms with Gasteiger partial charge in [0, 0.05) is 42.8 Å². The van der Waals surface area contributed by atoms with Gasteiger partial charge in [-0.15, -0.1) is 11.3 Å². The first kappa shape index (κ1) is 14.2. The number of hydrogen-bond acceptors (Lipinski definition) is 4. The van der Waals surface area contributed by atoms with Crippen LogP contribution in [0.15, 0.2) is 23.7 Å². The molecule has 0 aliphatic carbocycles. The Labute approximate surface area is 118 Å². The molecule has 2 aromatic heterocycles. The van der Waals surface area contributed by atoms with E-state index in [2.05, 4.69) is 40.6 Å². The van der Waals surface area contributed by atoms with Crippen molar-refractivity contribution in [3.8, 4) is 0 Å². The van der Waals surface area contributed by atoms with E-state index in [-0.39, 0.29) is 6.61 Å². The minimum absolute atomic E-state index is 0.187. The molecule has 0 bridgehead atoms. The summed E-state index contributed by atoms with van der Waals surface area (Å²) in [6.07, 6.45) is 2.11. The van der Waals surface area contributed by atoms with E-state index in [4.69, 9.17) is 0 Å². The smallest absolute Gasteiger partial charge is 0.0638 e. The van der Waals surface area contributed by atoms with Crippen molar-refractivity contribution in [2.45, 2.75) is 33.5 Å². The maximum absolute atomic E-state index is 9.20. The lowest BCUT2D eigenvalue weighted by Gasteiger charge is -2.20. The van der Waals surface area contributed by atoms with Crippen molar-refractivity contribution >= 4 is 11.3 Å². The highest BCUT2D eigenvalue weighted by Gasteiger charge is 2.11. The lowest BCUT2D eigenvalue weighted by Crippen LogP contribution is -2.25. The first-order valence-electron chi connectivity index (χ1n) is 6.61. The van der Waals surface area contributed by atoms with Gasteiger partial charge in [-0.2, -0.15) is 5.10 Å². The van der Waals surface area contributed by atoms with E-state index >= 15 is 0 Å². The largest absolute Gasteiger partial charge is 0.395 e. The zero-order valence-corrected chi connectivity index (χ0v) is 12.4.